The molecule has 0 bridgehead atoms. The predicted molar refractivity (Wildman–Crippen MR) is 113 cm³/mol. The average molecular weight is 471 g/mol. The zero-order chi connectivity index (χ0) is 20.9. The molecule has 0 aliphatic carbocycles. The Bertz CT molecular complexity index is 1250. The molecule has 0 amide bonds. The number of aromatic nitrogens is 2. The van der Waals surface area contributed by atoms with Crippen molar-refractivity contribution in [2.24, 2.45) is 0 Å². The number of pyridine rings is 1. The van der Waals surface area contributed by atoms with Gasteiger partial charge in [0, 0.05) is 40.4 Å². The van der Waals surface area contributed by atoms with Gasteiger partial charge in [-0.1, -0.05) is 35.0 Å². The van der Waals surface area contributed by atoms with Gasteiger partial charge in [-0.3, -0.25) is 4.79 Å². The third-order valence-electron chi connectivity index (χ3n) is 4.92. The van der Waals surface area contributed by atoms with E-state index in [1.165, 1.54) is 24.0 Å². The fraction of sp³-hybridized carbons (Fsp3) is 0.263. The standard InChI is InChI=1S/C19H16Cl2N2O4S2/c1-29(26,27)14-4-6-22-19-16(14)18(28-11-2-3-12(20)13(21)9-11)17-10(8-15(24)25)5-7-23(17)19/h2-4,6,9-10H,5,7-8H2,1H3,(H,24,25). The van der Waals surface area contributed by atoms with Gasteiger partial charge in [0.1, 0.15) is 5.65 Å². The van der Waals surface area contributed by atoms with Gasteiger partial charge >= 0.3 is 5.97 Å². The van der Waals surface area contributed by atoms with Crippen molar-refractivity contribution in [1.29, 1.82) is 0 Å². The van der Waals surface area contributed by atoms with Crippen molar-refractivity contribution in [3.05, 3.63) is 46.2 Å². The molecule has 2 aromatic heterocycles. The first-order valence-corrected chi connectivity index (χ1v) is 12.2. The first-order valence-electron chi connectivity index (χ1n) is 8.72. The molecule has 1 N–H and O–H groups in total. The van der Waals surface area contributed by atoms with E-state index in [0.717, 1.165) is 16.8 Å². The van der Waals surface area contributed by atoms with Gasteiger partial charge in [-0.2, -0.15) is 0 Å². The summed E-state index contributed by atoms with van der Waals surface area (Å²) >= 11 is 13.5. The van der Waals surface area contributed by atoms with E-state index in [1.54, 1.807) is 18.2 Å². The number of nitrogens with zero attached hydrogens (tertiary/aromatic N) is 2. The molecule has 0 fully saturated rings. The first-order chi connectivity index (χ1) is 13.7. The lowest BCUT2D eigenvalue weighted by Gasteiger charge is -2.11. The van der Waals surface area contributed by atoms with Gasteiger partial charge in [0.25, 0.3) is 0 Å². The van der Waals surface area contributed by atoms with Gasteiger partial charge in [0.2, 0.25) is 0 Å². The van der Waals surface area contributed by atoms with Crippen LogP contribution in [-0.2, 0) is 21.2 Å². The van der Waals surface area contributed by atoms with Crippen molar-refractivity contribution in [3.63, 3.8) is 0 Å². The molecular formula is C19H16Cl2N2O4S2. The maximum absolute atomic E-state index is 12.5. The lowest BCUT2D eigenvalue weighted by Crippen LogP contribution is -2.04. The molecule has 0 radical (unpaired) electrons. The van der Waals surface area contributed by atoms with E-state index in [1.807, 2.05) is 4.57 Å². The first kappa shape index (κ1) is 20.5. The summed E-state index contributed by atoms with van der Waals surface area (Å²) in [4.78, 5) is 17.5. The van der Waals surface area contributed by atoms with Crippen LogP contribution in [0.4, 0.5) is 0 Å². The maximum atomic E-state index is 12.5. The van der Waals surface area contributed by atoms with E-state index in [4.69, 9.17) is 23.2 Å². The van der Waals surface area contributed by atoms with Crippen LogP contribution >= 0.6 is 35.0 Å². The fourth-order valence-electron chi connectivity index (χ4n) is 3.75. The number of aryl methyl sites for hydroxylation is 1. The van der Waals surface area contributed by atoms with Gasteiger partial charge in [-0.05, 0) is 30.7 Å². The number of rotatable bonds is 5. The zero-order valence-electron chi connectivity index (χ0n) is 15.2. The van der Waals surface area contributed by atoms with Crippen molar-refractivity contribution < 1.29 is 18.3 Å². The second-order valence-corrected chi connectivity index (χ2v) is 10.8. The van der Waals surface area contributed by atoms with E-state index < -0.39 is 15.8 Å². The quantitative estimate of drug-likeness (QED) is 0.572. The Kier molecular flexibility index (Phi) is 5.31. The van der Waals surface area contributed by atoms with Crippen molar-refractivity contribution in [1.82, 2.24) is 9.55 Å². The molecule has 6 nitrogen and oxygen atoms in total. The summed E-state index contributed by atoms with van der Waals surface area (Å²) in [6.45, 7) is 0.589. The normalized spacial score (nSPS) is 16.3. The summed E-state index contributed by atoms with van der Waals surface area (Å²) in [6.07, 6.45) is 3.27. The van der Waals surface area contributed by atoms with Crippen LogP contribution < -0.4 is 0 Å². The molecule has 0 saturated carbocycles. The highest BCUT2D eigenvalue weighted by Gasteiger charge is 2.34. The Morgan fingerprint density at radius 2 is 2.07 bits per heavy atom. The van der Waals surface area contributed by atoms with Crippen LogP contribution in [0.2, 0.25) is 10.0 Å². The Labute approximate surface area is 181 Å². The lowest BCUT2D eigenvalue weighted by atomic mass is 10.0. The molecule has 3 aromatic rings. The second kappa shape index (κ2) is 7.50. The minimum absolute atomic E-state index is 0.0283. The van der Waals surface area contributed by atoms with Crippen LogP contribution in [0, 0.1) is 0 Å². The number of sulfone groups is 1. The molecule has 0 spiro atoms. The van der Waals surface area contributed by atoms with Crippen molar-refractivity contribution in [2.75, 3.05) is 6.26 Å². The van der Waals surface area contributed by atoms with Crippen LogP contribution in [0.25, 0.3) is 11.0 Å². The third-order valence-corrected chi connectivity index (χ3v) is 7.90. The summed E-state index contributed by atoms with van der Waals surface area (Å²) in [7, 11) is -3.52. The third kappa shape index (κ3) is 3.74. The van der Waals surface area contributed by atoms with Crippen LogP contribution in [-0.4, -0.2) is 35.3 Å². The van der Waals surface area contributed by atoms with Gasteiger partial charge < -0.3 is 9.67 Å². The Morgan fingerprint density at radius 3 is 2.72 bits per heavy atom. The summed E-state index contributed by atoms with van der Waals surface area (Å²) in [6, 6.07) is 6.67. The molecule has 152 valence electrons. The predicted octanol–water partition coefficient (Wildman–Crippen LogP) is 4.86. The van der Waals surface area contributed by atoms with Crippen LogP contribution in [0.5, 0.6) is 0 Å². The Balaban J connectivity index is 1.99. The smallest absolute Gasteiger partial charge is 0.304 e. The average Bonchev–Trinajstić information content (AvgIpc) is 3.17. The summed E-state index contributed by atoms with van der Waals surface area (Å²) < 4.78 is 26.9. The number of carboxylic acid groups (broad SMARTS) is 1. The zero-order valence-corrected chi connectivity index (χ0v) is 18.4. The van der Waals surface area contributed by atoms with Gasteiger partial charge in [0.15, 0.2) is 9.84 Å². The summed E-state index contributed by atoms with van der Waals surface area (Å²) in [5, 5.41) is 10.7. The number of carbonyl (C=O) groups is 1. The van der Waals surface area contributed by atoms with E-state index in [-0.39, 0.29) is 17.2 Å². The number of carboxylic acids is 1. The summed E-state index contributed by atoms with van der Waals surface area (Å²) in [5.74, 6) is -1.12. The molecule has 4 rings (SSSR count). The Morgan fingerprint density at radius 1 is 1.31 bits per heavy atom. The van der Waals surface area contributed by atoms with Gasteiger partial charge in [0.05, 0.1) is 26.7 Å². The molecule has 1 aliphatic heterocycles. The van der Waals surface area contributed by atoms with Crippen LogP contribution in [0.15, 0.2) is 45.1 Å². The lowest BCUT2D eigenvalue weighted by molar-refractivity contribution is -0.137. The molecule has 3 heterocycles. The van der Waals surface area contributed by atoms with Crippen LogP contribution in [0.1, 0.15) is 24.5 Å². The molecule has 29 heavy (non-hydrogen) atoms. The van der Waals surface area contributed by atoms with Gasteiger partial charge in [-0.25, -0.2) is 13.4 Å². The number of benzene rings is 1. The fourth-order valence-corrected chi connectivity index (χ4v) is 6.28. The number of fused-ring (bicyclic) bond motifs is 3. The maximum Gasteiger partial charge on any atom is 0.304 e. The number of hydrogen-bond donors (Lipinski definition) is 1. The largest absolute Gasteiger partial charge is 0.481 e. The molecule has 1 atom stereocenters. The number of hydrogen-bond acceptors (Lipinski definition) is 5. The minimum Gasteiger partial charge on any atom is -0.481 e. The van der Waals surface area contributed by atoms with Gasteiger partial charge in [-0.15, -0.1) is 0 Å². The minimum atomic E-state index is -3.52. The second-order valence-electron chi connectivity index (χ2n) is 6.91. The molecular weight excluding hydrogens is 455 g/mol. The van der Waals surface area contributed by atoms with E-state index in [9.17, 15) is 18.3 Å². The number of halogens is 2. The Hall–Kier alpha value is -1.74. The summed E-state index contributed by atoms with van der Waals surface area (Å²) in [5.41, 5.74) is 1.36. The molecule has 10 heteroatoms. The monoisotopic (exact) mass is 470 g/mol. The highest BCUT2D eigenvalue weighted by Crippen LogP contribution is 2.48. The molecule has 1 unspecified atom stereocenters. The van der Waals surface area contributed by atoms with Crippen molar-refractivity contribution in [2.45, 2.75) is 40.0 Å². The topological polar surface area (TPSA) is 89.3 Å². The highest BCUT2D eigenvalue weighted by atomic mass is 35.5. The highest BCUT2D eigenvalue weighted by molar-refractivity contribution is 7.99. The van der Waals surface area contributed by atoms with Crippen LogP contribution in [0.3, 0.4) is 0 Å². The van der Waals surface area contributed by atoms with E-state index in [0.29, 0.717) is 38.9 Å². The van der Waals surface area contributed by atoms with E-state index >= 15 is 0 Å². The van der Waals surface area contributed by atoms with E-state index in [2.05, 4.69) is 4.98 Å². The number of aliphatic carboxylic acids is 1. The SMILES string of the molecule is CS(=O)(=O)c1ccnc2c1c(Sc1ccc(Cl)c(Cl)c1)c1n2CCC1CC(=O)O. The molecule has 1 aromatic carbocycles. The van der Waals surface area contributed by atoms with Crippen molar-refractivity contribution >= 4 is 61.8 Å². The molecule has 0 saturated heterocycles. The van der Waals surface area contributed by atoms with Crippen molar-refractivity contribution in [3.8, 4) is 0 Å². The molecule has 1 aliphatic rings.